The molecule has 1 saturated carbocycles. The highest BCUT2D eigenvalue weighted by molar-refractivity contribution is 7.98. The maximum absolute atomic E-state index is 15.4. The number of nitrogens with zero attached hydrogens (tertiary/aromatic N) is 5. The summed E-state index contributed by atoms with van der Waals surface area (Å²) in [6.45, 7) is 0.721. The minimum absolute atomic E-state index is 0.0518. The third-order valence-corrected chi connectivity index (χ3v) is 7.60. The molecule has 1 aromatic carbocycles. The van der Waals surface area contributed by atoms with Crippen LogP contribution in [-0.2, 0) is 7.05 Å². The van der Waals surface area contributed by atoms with Gasteiger partial charge in [-0.2, -0.15) is 0 Å². The summed E-state index contributed by atoms with van der Waals surface area (Å²) in [7, 11) is 1.72. The van der Waals surface area contributed by atoms with Gasteiger partial charge in [0.2, 0.25) is 5.78 Å². The Bertz CT molecular complexity index is 1500. The van der Waals surface area contributed by atoms with Gasteiger partial charge in [-0.3, -0.25) is 4.79 Å². The number of fused-ring (bicyclic) bond motifs is 1. The summed E-state index contributed by atoms with van der Waals surface area (Å²) in [5.74, 6) is -1.51. The maximum atomic E-state index is 15.4. The Kier molecular flexibility index (Phi) is 6.12. The van der Waals surface area contributed by atoms with E-state index in [-0.39, 0.29) is 17.8 Å². The number of benzene rings is 1. The minimum Gasteiger partial charge on any atom is -0.335 e. The molecule has 0 unspecified atom stereocenters. The average Bonchev–Trinajstić information content (AvgIpc) is 3.59. The maximum Gasteiger partial charge on any atom is 0.201 e. The summed E-state index contributed by atoms with van der Waals surface area (Å²) in [4.78, 5) is 26.9. The van der Waals surface area contributed by atoms with Crippen molar-refractivity contribution >= 4 is 34.6 Å². The van der Waals surface area contributed by atoms with Gasteiger partial charge >= 0.3 is 0 Å². The fourth-order valence-corrected chi connectivity index (χ4v) is 5.32. The van der Waals surface area contributed by atoms with Crippen LogP contribution in [0.25, 0.3) is 22.2 Å². The SMILES string of the molecule is Cn1cc(C(=O)c2c(F)ccc(NSN3CC[C@@H](F)C3)c2F)c2cc(-c3cnc(C4CC4)nc3)cnc21. The van der Waals surface area contributed by atoms with Crippen LogP contribution >= 0.6 is 12.1 Å². The monoisotopic (exact) mass is 524 g/mol. The molecule has 3 aromatic heterocycles. The molecule has 7 nitrogen and oxygen atoms in total. The zero-order valence-corrected chi connectivity index (χ0v) is 20.7. The molecule has 0 amide bonds. The van der Waals surface area contributed by atoms with Gasteiger partial charge in [-0.15, -0.1) is 0 Å². The summed E-state index contributed by atoms with van der Waals surface area (Å²) >= 11 is 1.03. The van der Waals surface area contributed by atoms with E-state index in [4.69, 9.17) is 0 Å². The van der Waals surface area contributed by atoms with Crippen molar-refractivity contribution in [2.75, 3.05) is 17.8 Å². The third-order valence-electron chi connectivity index (χ3n) is 6.70. The van der Waals surface area contributed by atoms with Gasteiger partial charge in [0, 0.05) is 85.1 Å². The lowest BCUT2D eigenvalue weighted by atomic mass is 10.0. The summed E-state index contributed by atoms with van der Waals surface area (Å²) in [6.07, 6.45) is 8.31. The van der Waals surface area contributed by atoms with E-state index >= 15 is 4.39 Å². The number of pyridine rings is 1. The van der Waals surface area contributed by atoms with Crippen molar-refractivity contribution in [3.63, 3.8) is 0 Å². The van der Waals surface area contributed by atoms with Crippen molar-refractivity contribution < 1.29 is 18.0 Å². The molecule has 1 N–H and O–H groups in total. The molecule has 0 bridgehead atoms. The zero-order chi connectivity index (χ0) is 25.7. The Morgan fingerprint density at radius 2 is 1.84 bits per heavy atom. The molecule has 37 heavy (non-hydrogen) atoms. The van der Waals surface area contributed by atoms with E-state index in [2.05, 4.69) is 19.7 Å². The van der Waals surface area contributed by atoms with Crippen molar-refractivity contribution in [2.45, 2.75) is 31.4 Å². The van der Waals surface area contributed by atoms with Gasteiger partial charge in [-0.25, -0.2) is 32.4 Å². The first-order chi connectivity index (χ1) is 17.9. The molecule has 190 valence electrons. The Morgan fingerprint density at radius 1 is 1.08 bits per heavy atom. The van der Waals surface area contributed by atoms with Gasteiger partial charge in [-0.1, -0.05) is 0 Å². The number of hydrogen-bond acceptors (Lipinski definition) is 7. The fourth-order valence-electron chi connectivity index (χ4n) is 4.50. The molecule has 6 rings (SSSR count). The van der Waals surface area contributed by atoms with E-state index in [0.29, 0.717) is 35.5 Å². The molecule has 11 heteroatoms. The second kappa shape index (κ2) is 9.46. The number of halogens is 3. The predicted octanol–water partition coefficient (Wildman–Crippen LogP) is 5.44. The highest BCUT2D eigenvalue weighted by Crippen LogP contribution is 2.38. The Labute approximate surface area is 215 Å². The number of carbonyl (C=O) groups is 1. The molecule has 0 radical (unpaired) electrons. The Morgan fingerprint density at radius 3 is 2.54 bits per heavy atom. The Hall–Kier alpha value is -3.44. The fraction of sp³-hybridized carbons (Fsp3) is 0.308. The number of ketones is 1. The number of aromatic nitrogens is 4. The van der Waals surface area contributed by atoms with E-state index in [1.807, 2.05) is 0 Å². The number of hydrogen-bond donors (Lipinski definition) is 1. The largest absolute Gasteiger partial charge is 0.335 e. The van der Waals surface area contributed by atoms with Crippen LogP contribution in [0.5, 0.6) is 0 Å². The molecule has 1 atom stereocenters. The van der Waals surface area contributed by atoms with Crippen molar-refractivity contribution in [1.29, 1.82) is 0 Å². The number of alkyl halides is 1. The smallest absolute Gasteiger partial charge is 0.201 e. The van der Waals surface area contributed by atoms with Gasteiger partial charge in [0.05, 0.1) is 11.3 Å². The molecular weight excluding hydrogens is 501 g/mol. The van der Waals surface area contributed by atoms with E-state index in [1.165, 1.54) is 12.3 Å². The van der Waals surface area contributed by atoms with Crippen LogP contribution in [0.4, 0.5) is 18.9 Å². The summed E-state index contributed by atoms with van der Waals surface area (Å²) in [5.41, 5.74) is 1.35. The molecule has 4 heterocycles. The highest BCUT2D eigenvalue weighted by Gasteiger charge is 2.28. The number of anilines is 1. The van der Waals surface area contributed by atoms with Gasteiger partial charge in [0.15, 0.2) is 5.82 Å². The zero-order valence-electron chi connectivity index (χ0n) is 19.9. The number of nitrogens with one attached hydrogen (secondary N) is 1. The minimum atomic E-state index is -1.00. The van der Waals surface area contributed by atoms with Crippen LogP contribution in [0.2, 0.25) is 0 Å². The van der Waals surface area contributed by atoms with Gasteiger partial charge in [0.25, 0.3) is 0 Å². The average molecular weight is 525 g/mol. The molecular formula is C26H23F3N6OS. The second-order valence-electron chi connectivity index (χ2n) is 9.43. The molecule has 2 aliphatic rings. The lowest BCUT2D eigenvalue weighted by Gasteiger charge is -2.15. The van der Waals surface area contributed by atoms with Gasteiger partial charge < -0.3 is 9.29 Å². The van der Waals surface area contributed by atoms with Gasteiger partial charge in [-0.05, 0) is 37.5 Å². The number of rotatable bonds is 7. The molecule has 1 aliphatic carbocycles. The lowest BCUT2D eigenvalue weighted by Crippen LogP contribution is -2.16. The van der Waals surface area contributed by atoms with Crippen molar-refractivity contribution in [2.24, 2.45) is 7.05 Å². The van der Waals surface area contributed by atoms with E-state index in [1.54, 1.807) is 40.6 Å². The standard InChI is InChI=1S/C26H23F3N6OS/c1-34-13-19(18-8-15(9-32-26(18)34)16-10-30-25(31-11-16)14-2-3-14)24(36)22-20(28)4-5-21(23(22)29)33-37-35-7-6-17(27)12-35/h4-5,8-11,13-14,17,33H,2-3,6-7,12H2,1H3/t17-/m1/s1. The molecule has 1 aliphatic heterocycles. The van der Waals surface area contributed by atoms with Crippen molar-refractivity contribution in [3.8, 4) is 11.1 Å². The van der Waals surface area contributed by atoms with E-state index in [9.17, 15) is 13.6 Å². The quantitative estimate of drug-likeness (QED) is 0.255. The summed E-state index contributed by atoms with van der Waals surface area (Å²) in [6, 6.07) is 4.04. The molecule has 4 aromatic rings. The van der Waals surface area contributed by atoms with E-state index < -0.39 is 29.2 Å². The predicted molar refractivity (Wildman–Crippen MR) is 136 cm³/mol. The topological polar surface area (TPSA) is 75.9 Å². The Balaban J connectivity index is 1.33. The summed E-state index contributed by atoms with van der Waals surface area (Å²) < 4.78 is 49.8. The molecule has 1 saturated heterocycles. The molecule has 2 fully saturated rings. The highest BCUT2D eigenvalue weighted by atomic mass is 32.2. The normalized spacial score (nSPS) is 18.0. The van der Waals surface area contributed by atoms with Crippen LogP contribution < -0.4 is 4.72 Å². The summed E-state index contributed by atoms with van der Waals surface area (Å²) in [5, 5.41) is 0.467. The number of carbonyl (C=O) groups excluding carboxylic acids is 1. The number of aryl methyl sites for hydroxylation is 1. The van der Waals surface area contributed by atoms with Crippen LogP contribution in [0.1, 0.15) is 46.9 Å². The first-order valence-corrected chi connectivity index (χ1v) is 12.8. The van der Waals surface area contributed by atoms with E-state index in [0.717, 1.165) is 42.4 Å². The van der Waals surface area contributed by atoms with Crippen molar-refractivity contribution in [1.82, 2.24) is 23.8 Å². The first kappa shape index (κ1) is 23.9. The lowest BCUT2D eigenvalue weighted by molar-refractivity contribution is 0.103. The third kappa shape index (κ3) is 4.57. The van der Waals surface area contributed by atoms with Crippen molar-refractivity contribution in [3.05, 3.63) is 71.6 Å². The van der Waals surface area contributed by atoms with Crippen LogP contribution in [-0.4, -0.2) is 48.9 Å². The second-order valence-corrected chi connectivity index (χ2v) is 10.3. The van der Waals surface area contributed by atoms with Crippen LogP contribution in [0.3, 0.4) is 0 Å². The van der Waals surface area contributed by atoms with Gasteiger partial charge in [0.1, 0.15) is 23.5 Å². The first-order valence-electron chi connectivity index (χ1n) is 12.0. The van der Waals surface area contributed by atoms with Crippen LogP contribution in [0.15, 0.2) is 43.0 Å². The van der Waals surface area contributed by atoms with Crippen LogP contribution in [0, 0.1) is 11.6 Å². The molecule has 0 spiro atoms.